The Labute approximate surface area is 96.7 Å². The van der Waals surface area contributed by atoms with E-state index < -0.39 is 12.2 Å². The molecular formula is C8H4BrF3N2O2. The zero-order valence-electron chi connectivity index (χ0n) is 7.80. The van der Waals surface area contributed by atoms with Gasteiger partial charge in [0.05, 0.1) is 7.11 Å². The molecule has 86 valence electrons. The second-order valence-electron chi connectivity index (χ2n) is 2.49. The van der Waals surface area contributed by atoms with Crippen LogP contribution in [0.1, 0.15) is 5.56 Å². The highest BCUT2D eigenvalue weighted by Gasteiger charge is 2.34. The third-order valence-corrected chi connectivity index (χ3v) is 1.85. The van der Waals surface area contributed by atoms with Crippen molar-refractivity contribution in [2.45, 2.75) is 6.36 Å². The van der Waals surface area contributed by atoms with Gasteiger partial charge < -0.3 is 9.47 Å². The number of nitriles is 1. The van der Waals surface area contributed by atoms with Crippen LogP contribution in [0.3, 0.4) is 0 Å². The van der Waals surface area contributed by atoms with Gasteiger partial charge in [-0.05, 0) is 22.0 Å². The summed E-state index contributed by atoms with van der Waals surface area (Å²) in [5.41, 5.74) is -0.108. The predicted molar refractivity (Wildman–Crippen MR) is 49.9 cm³/mol. The summed E-state index contributed by atoms with van der Waals surface area (Å²) >= 11 is 2.86. The predicted octanol–water partition coefficient (Wildman–Crippen LogP) is 2.62. The first-order chi connectivity index (χ1) is 7.37. The molecule has 1 aromatic heterocycles. The smallest absolute Gasteiger partial charge is 0.490 e. The lowest BCUT2D eigenvalue weighted by atomic mass is 10.2. The fourth-order valence-electron chi connectivity index (χ4n) is 0.939. The summed E-state index contributed by atoms with van der Waals surface area (Å²) in [6, 6.07) is 2.90. The third kappa shape index (κ3) is 3.00. The van der Waals surface area contributed by atoms with Gasteiger partial charge in [0, 0.05) is 0 Å². The molecule has 1 rings (SSSR count). The van der Waals surface area contributed by atoms with E-state index >= 15 is 0 Å². The van der Waals surface area contributed by atoms with Crippen molar-refractivity contribution in [1.29, 1.82) is 5.26 Å². The van der Waals surface area contributed by atoms with Crippen molar-refractivity contribution in [3.8, 4) is 17.7 Å². The minimum Gasteiger partial charge on any atom is -0.490 e. The van der Waals surface area contributed by atoms with Crippen molar-refractivity contribution in [1.82, 2.24) is 4.98 Å². The molecule has 0 aliphatic rings. The molecule has 0 radical (unpaired) electrons. The molecule has 16 heavy (non-hydrogen) atoms. The SMILES string of the molecule is COc1c(C#N)cc(Br)nc1OC(F)(F)F. The number of aromatic nitrogens is 1. The maximum atomic E-state index is 12.0. The molecule has 0 fully saturated rings. The van der Waals surface area contributed by atoms with Crippen molar-refractivity contribution >= 4 is 15.9 Å². The third-order valence-electron chi connectivity index (χ3n) is 1.45. The van der Waals surface area contributed by atoms with Gasteiger partial charge in [-0.2, -0.15) is 5.26 Å². The van der Waals surface area contributed by atoms with Crippen LogP contribution in [0.5, 0.6) is 11.6 Å². The molecule has 0 aromatic carbocycles. The summed E-state index contributed by atoms with van der Waals surface area (Å²) < 4.78 is 44.3. The Hall–Kier alpha value is -1.49. The van der Waals surface area contributed by atoms with Crippen molar-refractivity contribution in [2.75, 3.05) is 7.11 Å². The molecule has 0 saturated carbocycles. The summed E-state index contributed by atoms with van der Waals surface area (Å²) in [5.74, 6) is -1.16. The molecule has 0 bridgehead atoms. The maximum absolute atomic E-state index is 12.0. The van der Waals surface area contributed by atoms with Crippen molar-refractivity contribution < 1.29 is 22.6 Å². The molecular weight excluding hydrogens is 293 g/mol. The second kappa shape index (κ2) is 4.57. The van der Waals surface area contributed by atoms with Gasteiger partial charge in [0.1, 0.15) is 16.2 Å². The molecule has 0 N–H and O–H groups in total. The fourth-order valence-corrected chi connectivity index (χ4v) is 1.33. The van der Waals surface area contributed by atoms with E-state index in [9.17, 15) is 13.2 Å². The number of ether oxygens (including phenoxy) is 2. The molecule has 0 saturated heterocycles. The van der Waals surface area contributed by atoms with Crippen LogP contribution in [-0.4, -0.2) is 18.5 Å². The number of rotatable bonds is 2. The Morgan fingerprint density at radius 3 is 2.56 bits per heavy atom. The highest BCUT2D eigenvalue weighted by molar-refractivity contribution is 9.10. The van der Waals surface area contributed by atoms with Gasteiger partial charge >= 0.3 is 6.36 Å². The van der Waals surface area contributed by atoms with Gasteiger partial charge in [-0.25, -0.2) is 4.98 Å². The fraction of sp³-hybridized carbons (Fsp3) is 0.250. The van der Waals surface area contributed by atoms with Crippen LogP contribution in [0.15, 0.2) is 10.7 Å². The van der Waals surface area contributed by atoms with E-state index in [1.165, 1.54) is 6.07 Å². The lowest BCUT2D eigenvalue weighted by Gasteiger charge is -2.12. The van der Waals surface area contributed by atoms with Crippen LogP contribution >= 0.6 is 15.9 Å². The summed E-state index contributed by atoms with van der Waals surface area (Å²) in [5, 5.41) is 8.68. The molecule has 8 heteroatoms. The number of hydrogen-bond acceptors (Lipinski definition) is 4. The van der Waals surface area contributed by atoms with Crippen LogP contribution < -0.4 is 9.47 Å². The van der Waals surface area contributed by atoms with Crippen molar-refractivity contribution in [2.24, 2.45) is 0 Å². The number of nitrogens with zero attached hydrogens (tertiary/aromatic N) is 2. The lowest BCUT2D eigenvalue weighted by molar-refractivity contribution is -0.276. The molecule has 0 aliphatic heterocycles. The quantitative estimate of drug-likeness (QED) is 0.787. The van der Waals surface area contributed by atoms with E-state index in [1.54, 1.807) is 6.07 Å². The van der Waals surface area contributed by atoms with Crippen LogP contribution in [0.2, 0.25) is 0 Å². The van der Waals surface area contributed by atoms with Gasteiger partial charge in [0.2, 0.25) is 0 Å². The largest absolute Gasteiger partial charge is 0.574 e. The Morgan fingerprint density at radius 1 is 1.50 bits per heavy atom. The van der Waals surface area contributed by atoms with E-state index in [-0.39, 0.29) is 15.9 Å². The topological polar surface area (TPSA) is 55.1 Å². The first-order valence-corrected chi connectivity index (χ1v) is 4.57. The average molecular weight is 297 g/mol. The van der Waals surface area contributed by atoms with Gasteiger partial charge in [0.25, 0.3) is 5.88 Å². The average Bonchev–Trinajstić information content (AvgIpc) is 2.14. The number of halogens is 4. The highest BCUT2D eigenvalue weighted by Crippen LogP contribution is 2.34. The molecule has 0 aliphatic carbocycles. The lowest BCUT2D eigenvalue weighted by Crippen LogP contribution is -2.18. The summed E-state index contributed by atoms with van der Waals surface area (Å²) in [6.07, 6.45) is -4.90. The van der Waals surface area contributed by atoms with Gasteiger partial charge in [-0.3, -0.25) is 0 Å². The number of hydrogen-bond donors (Lipinski definition) is 0. The second-order valence-corrected chi connectivity index (χ2v) is 3.30. The van der Waals surface area contributed by atoms with Gasteiger partial charge in [-0.1, -0.05) is 0 Å². The zero-order chi connectivity index (χ0) is 12.3. The molecule has 4 nitrogen and oxygen atoms in total. The van der Waals surface area contributed by atoms with E-state index in [0.29, 0.717) is 0 Å². The Balaban J connectivity index is 3.27. The van der Waals surface area contributed by atoms with Crippen LogP contribution in [-0.2, 0) is 0 Å². The molecule has 0 amide bonds. The van der Waals surface area contributed by atoms with Gasteiger partial charge in [-0.15, -0.1) is 13.2 Å². The van der Waals surface area contributed by atoms with Crippen molar-refractivity contribution in [3.63, 3.8) is 0 Å². The van der Waals surface area contributed by atoms with Crippen LogP contribution in [0.4, 0.5) is 13.2 Å². The van der Waals surface area contributed by atoms with E-state index in [1.807, 2.05) is 0 Å². The zero-order valence-corrected chi connectivity index (χ0v) is 9.39. The standard InChI is InChI=1S/C8H4BrF3N2O2/c1-15-6-4(3-13)2-5(9)14-7(6)16-8(10,11)12/h2H,1H3. The Morgan fingerprint density at radius 2 is 2.12 bits per heavy atom. The maximum Gasteiger partial charge on any atom is 0.574 e. The molecule has 1 aromatic rings. The number of methoxy groups -OCH3 is 1. The Bertz CT molecular complexity index is 442. The monoisotopic (exact) mass is 296 g/mol. The highest BCUT2D eigenvalue weighted by atomic mass is 79.9. The summed E-state index contributed by atoms with van der Waals surface area (Å²) in [6.45, 7) is 0. The van der Waals surface area contributed by atoms with Crippen LogP contribution in [0, 0.1) is 11.3 Å². The first kappa shape index (κ1) is 12.6. The van der Waals surface area contributed by atoms with Crippen molar-refractivity contribution in [3.05, 3.63) is 16.2 Å². The molecule has 0 unspecified atom stereocenters. The van der Waals surface area contributed by atoms with Crippen LogP contribution in [0.25, 0.3) is 0 Å². The van der Waals surface area contributed by atoms with Gasteiger partial charge in [0.15, 0.2) is 5.75 Å². The molecule has 0 spiro atoms. The Kier molecular flexibility index (Phi) is 3.59. The van der Waals surface area contributed by atoms with E-state index in [4.69, 9.17) is 5.26 Å². The number of alkyl halides is 3. The van der Waals surface area contributed by atoms with E-state index in [2.05, 4.69) is 30.4 Å². The summed E-state index contributed by atoms with van der Waals surface area (Å²) in [4.78, 5) is 3.44. The first-order valence-electron chi connectivity index (χ1n) is 3.77. The minimum atomic E-state index is -4.90. The number of pyridine rings is 1. The van der Waals surface area contributed by atoms with E-state index in [0.717, 1.165) is 7.11 Å². The molecule has 0 atom stereocenters. The minimum absolute atomic E-state index is 0.0455. The molecule has 1 heterocycles. The normalized spacial score (nSPS) is 10.8. The summed E-state index contributed by atoms with van der Waals surface area (Å²) in [7, 11) is 1.12.